The van der Waals surface area contributed by atoms with Gasteiger partial charge in [0, 0.05) is 26.2 Å². The summed E-state index contributed by atoms with van der Waals surface area (Å²) in [6.07, 6.45) is 2.54. The Balaban J connectivity index is 0.000000621. The van der Waals surface area contributed by atoms with Crippen molar-refractivity contribution in [3.63, 3.8) is 0 Å². The Bertz CT molecular complexity index is 192. The number of hydrogen-bond donors (Lipinski definition) is 1. The van der Waals surface area contributed by atoms with Gasteiger partial charge in [-0.05, 0) is 45.9 Å². The Morgan fingerprint density at radius 1 is 1.20 bits per heavy atom. The minimum atomic E-state index is 0.816. The Hall–Kier alpha value is -0.160. The molecule has 0 saturated carbocycles. The second-order valence-corrected chi connectivity index (χ2v) is 6.04. The SMILES string of the molecule is CC(C)CCN(C)CCN1CCOCC1.CCCNC. The molecular formula is C16H37N3O. The van der Waals surface area contributed by atoms with E-state index in [1.807, 2.05) is 7.05 Å². The van der Waals surface area contributed by atoms with Crippen LogP contribution in [0.5, 0.6) is 0 Å². The zero-order valence-corrected chi connectivity index (χ0v) is 14.5. The van der Waals surface area contributed by atoms with Crippen LogP contribution in [0.3, 0.4) is 0 Å². The lowest BCUT2D eigenvalue weighted by molar-refractivity contribution is 0.0343. The van der Waals surface area contributed by atoms with Gasteiger partial charge >= 0.3 is 0 Å². The molecule has 1 aliphatic heterocycles. The molecule has 1 rings (SSSR count). The highest BCUT2D eigenvalue weighted by atomic mass is 16.5. The van der Waals surface area contributed by atoms with Crippen LogP contribution in [0.15, 0.2) is 0 Å². The fraction of sp³-hybridized carbons (Fsp3) is 1.00. The topological polar surface area (TPSA) is 27.7 Å². The number of nitrogens with zero attached hydrogens (tertiary/aromatic N) is 2. The fourth-order valence-electron chi connectivity index (χ4n) is 1.98. The highest BCUT2D eigenvalue weighted by Gasteiger charge is 2.10. The molecule has 0 spiro atoms. The van der Waals surface area contributed by atoms with Gasteiger partial charge in [-0.15, -0.1) is 0 Å². The Kier molecular flexibility index (Phi) is 13.7. The second-order valence-electron chi connectivity index (χ2n) is 6.04. The average molecular weight is 287 g/mol. The van der Waals surface area contributed by atoms with Gasteiger partial charge in [-0.25, -0.2) is 0 Å². The summed E-state index contributed by atoms with van der Waals surface area (Å²) in [5.41, 5.74) is 0. The van der Waals surface area contributed by atoms with Crippen molar-refractivity contribution < 1.29 is 4.74 Å². The minimum Gasteiger partial charge on any atom is -0.379 e. The van der Waals surface area contributed by atoms with Crippen LogP contribution in [0.2, 0.25) is 0 Å². The van der Waals surface area contributed by atoms with Gasteiger partial charge in [-0.1, -0.05) is 20.8 Å². The molecule has 20 heavy (non-hydrogen) atoms. The molecule has 122 valence electrons. The number of nitrogens with one attached hydrogen (secondary N) is 1. The first-order valence-electron chi connectivity index (χ1n) is 8.23. The molecule has 1 aliphatic rings. The van der Waals surface area contributed by atoms with E-state index in [0.717, 1.165) is 38.8 Å². The van der Waals surface area contributed by atoms with Crippen molar-refractivity contribution in [3.05, 3.63) is 0 Å². The summed E-state index contributed by atoms with van der Waals surface area (Å²) in [6.45, 7) is 15.5. The number of likely N-dealkylation sites (N-methyl/N-ethyl adjacent to an activating group) is 1. The van der Waals surface area contributed by atoms with Crippen LogP contribution in [0, 0.1) is 5.92 Å². The zero-order valence-electron chi connectivity index (χ0n) is 14.5. The van der Waals surface area contributed by atoms with Gasteiger partial charge in [0.15, 0.2) is 0 Å². The van der Waals surface area contributed by atoms with Gasteiger partial charge in [0.2, 0.25) is 0 Å². The lowest BCUT2D eigenvalue weighted by Crippen LogP contribution is -2.40. The van der Waals surface area contributed by atoms with Crippen LogP contribution in [-0.2, 0) is 4.74 Å². The summed E-state index contributed by atoms with van der Waals surface area (Å²) in [5, 5.41) is 3.02. The predicted octanol–water partition coefficient (Wildman–Crippen LogP) is 1.91. The van der Waals surface area contributed by atoms with Crippen molar-refractivity contribution in [2.75, 3.05) is 66.6 Å². The monoisotopic (exact) mass is 287 g/mol. The van der Waals surface area contributed by atoms with Crippen molar-refractivity contribution in [1.82, 2.24) is 15.1 Å². The van der Waals surface area contributed by atoms with Gasteiger partial charge in [0.1, 0.15) is 0 Å². The van der Waals surface area contributed by atoms with E-state index in [9.17, 15) is 0 Å². The van der Waals surface area contributed by atoms with Crippen LogP contribution in [0.4, 0.5) is 0 Å². The lowest BCUT2D eigenvalue weighted by Gasteiger charge is -2.28. The summed E-state index contributed by atoms with van der Waals surface area (Å²) in [5.74, 6) is 0.816. The van der Waals surface area contributed by atoms with E-state index >= 15 is 0 Å². The van der Waals surface area contributed by atoms with Crippen molar-refractivity contribution in [2.24, 2.45) is 5.92 Å². The molecular weight excluding hydrogens is 250 g/mol. The predicted molar refractivity (Wildman–Crippen MR) is 88.4 cm³/mol. The van der Waals surface area contributed by atoms with E-state index in [4.69, 9.17) is 4.74 Å². The summed E-state index contributed by atoms with van der Waals surface area (Å²) in [7, 11) is 4.19. The molecule has 0 aromatic rings. The molecule has 1 fully saturated rings. The van der Waals surface area contributed by atoms with Crippen molar-refractivity contribution >= 4 is 0 Å². The first kappa shape index (κ1) is 19.8. The van der Waals surface area contributed by atoms with Gasteiger partial charge in [-0.2, -0.15) is 0 Å². The molecule has 4 nitrogen and oxygen atoms in total. The molecule has 1 heterocycles. The fourth-order valence-corrected chi connectivity index (χ4v) is 1.98. The normalized spacial score (nSPS) is 16.4. The van der Waals surface area contributed by atoms with Crippen LogP contribution < -0.4 is 5.32 Å². The summed E-state index contributed by atoms with van der Waals surface area (Å²) in [4.78, 5) is 4.94. The maximum absolute atomic E-state index is 5.33. The molecule has 0 unspecified atom stereocenters. The largest absolute Gasteiger partial charge is 0.379 e. The third-order valence-electron chi connectivity index (χ3n) is 3.49. The van der Waals surface area contributed by atoms with E-state index in [-0.39, 0.29) is 0 Å². The van der Waals surface area contributed by atoms with Crippen molar-refractivity contribution in [1.29, 1.82) is 0 Å². The quantitative estimate of drug-likeness (QED) is 0.738. The average Bonchev–Trinajstić information content (AvgIpc) is 2.45. The maximum atomic E-state index is 5.33. The standard InChI is InChI=1S/C12H26N2O.C4H11N/c1-12(2)4-5-13(3)6-7-14-8-10-15-11-9-14;1-3-4-5-2/h12H,4-11H2,1-3H3;5H,3-4H2,1-2H3. The molecule has 0 amide bonds. The Labute approximate surface area is 126 Å². The second kappa shape index (κ2) is 13.8. The molecule has 0 atom stereocenters. The first-order valence-corrected chi connectivity index (χ1v) is 8.23. The van der Waals surface area contributed by atoms with Crippen molar-refractivity contribution in [2.45, 2.75) is 33.6 Å². The van der Waals surface area contributed by atoms with Crippen LogP contribution in [-0.4, -0.2) is 76.4 Å². The molecule has 0 bridgehead atoms. The molecule has 0 aromatic carbocycles. The molecule has 0 aliphatic carbocycles. The highest BCUT2D eigenvalue weighted by Crippen LogP contribution is 2.01. The van der Waals surface area contributed by atoms with E-state index in [1.165, 1.54) is 32.5 Å². The third-order valence-corrected chi connectivity index (χ3v) is 3.49. The molecule has 1 saturated heterocycles. The molecule has 1 N–H and O–H groups in total. The summed E-state index contributed by atoms with van der Waals surface area (Å²) in [6, 6.07) is 0. The van der Waals surface area contributed by atoms with Crippen molar-refractivity contribution in [3.8, 4) is 0 Å². The van der Waals surface area contributed by atoms with Gasteiger partial charge in [-0.3, -0.25) is 4.90 Å². The lowest BCUT2D eigenvalue weighted by atomic mass is 10.1. The third kappa shape index (κ3) is 12.9. The first-order chi connectivity index (χ1) is 9.60. The number of hydrogen-bond acceptors (Lipinski definition) is 4. The smallest absolute Gasteiger partial charge is 0.0594 e. The van der Waals surface area contributed by atoms with Gasteiger partial charge in [0.05, 0.1) is 13.2 Å². The highest BCUT2D eigenvalue weighted by molar-refractivity contribution is 4.64. The zero-order chi connectivity index (χ0) is 15.2. The van der Waals surface area contributed by atoms with E-state index < -0.39 is 0 Å². The number of ether oxygens (including phenoxy) is 1. The summed E-state index contributed by atoms with van der Waals surface area (Å²) < 4.78 is 5.33. The van der Waals surface area contributed by atoms with E-state index in [0.29, 0.717) is 0 Å². The number of morpholine rings is 1. The van der Waals surface area contributed by atoms with Crippen LogP contribution in [0.25, 0.3) is 0 Å². The Morgan fingerprint density at radius 3 is 2.30 bits per heavy atom. The van der Waals surface area contributed by atoms with E-state index in [1.54, 1.807) is 0 Å². The number of rotatable bonds is 8. The minimum absolute atomic E-state index is 0.816. The molecule has 0 aromatic heterocycles. The summed E-state index contributed by atoms with van der Waals surface area (Å²) >= 11 is 0. The van der Waals surface area contributed by atoms with Gasteiger partial charge < -0.3 is 15.0 Å². The van der Waals surface area contributed by atoms with Crippen LogP contribution in [0.1, 0.15) is 33.6 Å². The Morgan fingerprint density at radius 2 is 1.85 bits per heavy atom. The van der Waals surface area contributed by atoms with E-state index in [2.05, 4.69) is 42.9 Å². The van der Waals surface area contributed by atoms with Gasteiger partial charge in [0.25, 0.3) is 0 Å². The maximum Gasteiger partial charge on any atom is 0.0594 e. The van der Waals surface area contributed by atoms with Crippen LogP contribution >= 0.6 is 0 Å². The molecule has 4 heteroatoms. The molecule has 0 radical (unpaired) electrons.